The van der Waals surface area contributed by atoms with Gasteiger partial charge >= 0.3 is 11.9 Å². The molecule has 0 aromatic carbocycles. The third-order valence-electron chi connectivity index (χ3n) is 12.5. The molecule has 0 amide bonds. The molecule has 228 valence electrons. The van der Waals surface area contributed by atoms with E-state index in [0.717, 1.165) is 55.1 Å². The molecule has 5 aliphatic rings. The van der Waals surface area contributed by atoms with Gasteiger partial charge in [-0.25, -0.2) is 0 Å². The highest BCUT2D eigenvalue weighted by Crippen LogP contribution is 2.72. The molecule has 5 rings (SSSR count). The fourth-order valence-electron chi connectivity index (χ4n) is 10.8. The smallest absolute Gasteiger partial charge is 0.302 e. The lowest BCUT2D eigenvalue weighted by atomic mass is 9.43. The number of ether oxygens (including phenoxy) is 3. The molecular formula is C34H56O5S. The molecule has 40 heavy (non-hydrogen) atoms. The lowest BCUT2D eigenvalue weighted by molar-refractivity contribution is -0.212. The second-order valence-electron chi connectivity index (χ2n) is 15.3. The number of rotatable bonds is 8. The van der Waals surface area contributed by atoms with Gasteiger partial charge in [0.1, 0.15) is 23.7 Å². The third kappa shape index (κ3) is 5.63. The maximum Gasteiger partial charge on any atom is 0.302 e. The predicted molar refractivity (Wildman–Crippen MR) is 161 cm³/mol. The normalized spacial score (nSPS) is 45.0. The van der Waals surface area contributed by atoms with E-state index in [2.05, 4.69) is 34.6 Å². The Morgan fingerprint density at radius 1 is 0.950 bits per heavy atom. The Labute approximate surface area is 248 Å². The number of carbonyl (C=O) groups is 2. The van der Waals surface area contributed by atoms with E-state index in [0.29, 0.717) is 29.8 Å². The van der Waals surface area contributed by atoms with Crippen molar-refractivity contribution >= 4 is 23.7 Å². The lowest BCUT2D eigenvalue weighted by Gasteiger charge is -2.65. The Morgan fingerprint density at radius 3 is 2.38 bits per heavy atom. The second-order valence-corrected chi connectivity index (χ2v) is 16.7. The molecule has 0 N–H and O–H groups in total. The molecule has 4 aliphatic carbocycles. The summed E-state index contributed by atoms with van der Waals surface area (Å²) in [6, 6.07) is 0. The topological polar surface area (TPSA) is 61.8 Å². The van der Waals surface area contributed by atoms with Crippen LogP contribution < -0.4 is 0 Å². The zero-order valence-corrected chi connectivity index (χ0v) is 27.2. The van der Waals surface area contributed by atoms with Crippen LogP contribution in [0.3, 0.4) is 0 Å². The molecule has 0 aromatic rings. The summed E-state index contributed by atoms with van der Waals surface area (Å²) in [7, 11) is 0. The van der Waals surface area contributed by atoms with Crippen LogP contribution in [0.4, 0.5) is 0 Å². The van der Waals surface area contributed by atoms with Crippen molar-refractivity contribution in [1.82, 2.24) is 0 Å². The van der Waals surface area contributed by atoms with Gasteiger partial charge in [-0.3, -0.25) is 9.59 Å². The van der Waals surface area contributed by atoms with Crippen molar-refractivity contribution in [2.75, 3.05) is 12.4 Å². The van der Waals surface area contributed by atoms with E-state index in [9.17, 15) is 9.59 Å². The second kappa shape index (κ2) is 11.7. The van der Waals surface area contributed by atoms with Crippen LogP contribution in [-0.4, -0.2) is 41.4 Å². The summed E-state index contributed by atoms with van der Waals surface area (Å²) in [5, 5.41) is 0. The van der Waals surface area contributed by atoms with Crippen molar-refractivity contribution in [3.05, 3.63) is 0 Å². The molecule has 5 nitrogen and oxygen atoms in total. The van der Waals surface area contributed by atoms with E-state index in [1.54, 1.807) is 6.92 Å². The molecule has 1 unspecified atom stereocenters. The first-order chi connectivity index (χ1) is 18.9. The Bertz CT molecular complexity index is 937. The first kappa shape index (κ1) is 30.7. The lowest BCUT2D eigenvalue weighted by Crippen LogP contribution is -2.62. The van der Waals surface area contributed by atoms with Crippen molar-refractivity contribution in [3.8, 4) is 0 Å². The first-order valence-corrected chi connectivity index (χ1v) is 17.5. The van der Waals surface area contributed by atoms with Gasteiger partial charge in [0, 0.05) is 25.5 Å². The molecule has 1 saturated heterocycles. The predicted octanol–water partition coefficient (Wildman–Crippen LogP) is 8.04. The Hall–Kier alpha value is -0.750. The van der Waals surface area contributed by atoms with Crippen LogP contribution in [0.5, 0.6) is 0 Å². The van der Waals surface area contributed by atoms with Crippen molar-refractivity contribution in [2.24, 2.45) is 52.3 Å². The molecule has 1 spiro atoms. The largest absolute Gasteiger partial charge is 0.463 e. The fourth-order valence-corrected chi connectivity index (χ4v) is 12.5. The number of thioether (sulfide) groups is 1. The highest BCUT2D eigenvalue weighted by molar-refractivity contribution is 8.00. The molecule has 6 heteroatoms. The summed E-state index contributed by atoms with van der Waals surface area (Å²) in [4.78, 5) is 23.2. The summed E-state index contributed by atoms with van der Waals surface area (Å²) in [5.41, 5.74) is 0.614. The molecule has 1 heterocycles. The molecule has 0 aromatic heterocycles. The van der Waals surface area contributed by atoms with Crippen molar-refractivity contribution in [2.45, 2.75) is 136 Å². The highest BCUT2D eigenvalue weighted by atomic mass is 32.2. The van der Waals surface area contributed by atoms with Crippen molar-refractivity contribution in [1.29, 1.82) is 0 Å². The maximum atomic E-state index is 11.9. The Balaban J connectivity index is 1.40. The van der Waals surface area contributed by atoms with Crippen molar-refractivity contribution < 1.29 is 23.8 Å². The standard InChI is InChI=1S/C34H56O5S/c1-21(2)9-8-10-22(3)28-11-12-29-27-18-34(39-26(20-40-34)19-37-23(4)35)31-17-25(38-24(5)36)13-15-33(31,7)30(27)14-16-32(28,29)6/h21-22,25-31H,8-20H2,1-7H3/t22-,25+,26?,27+,28-,29+,30+,31+,32-,33-,34+/m1/s1. The summed E-state index contributed by atoms with van der Waals surface area (Å²) >= 11 is 1.99. The van der Waals surface area contributed by atoms with E-state index in [-0.39, 0.29) is 34.5 Å². The molecule has 0 radical (unpaired) electrons. The van der Waals surface area contributed by atoms with Gasteiger partial charge in [-0.05, 0) is 97.7 Å². The summed E-state index contributed by atoms with van der Waals surface area (Å²) in [6.07, 6.45) is 13.5. The van der Waals surface area contributed by atoms with Gasteiger partial charge in [0.25, 0.3) is 0 Å². The van der Waals surface area contributed by atoms with Crippen LogP contribution in [0, 0.1) is 52.3 Å². The van der Waals surface area contributed by atoms with Crippen LogP contribution in [0.2, 0.25) is 0 Å². The van der Waals surface area contributed by atoms with Crippen LogP contribution in [-0.2, 0) is 23.8 Å². The van der Waals surface area contributed by atoms with E-state index in [1.807, 2.05) is 11.8 Å². The number of hydrogen-bond donors (Lipinski definition) is 0. The van der Waals surface area contributed by atoms with Gasteiger partial charge in [-0.1, -0.05) is 53.9 Å². The number of carbonyl (C=O) groups excluding carboxylic acids is 2. The van der Waals surface area contributed by atoms with E-state index >= 15 is 0 Å². The molecule has 5 fully saturated rings. The van der Waals surface area contributed by atoms with E-state index in [4.69, 9.17) is 14.2 Å². The highest BCUT2D eigenvalue weighted by Gasteiger charge is 2.68. The molecule has 11 atom stereocenters. The number of hydrogen-bond acceptors (Lipinski definition) is 6. The van der Waals surface area contributed by atoms with Gasteiger partial charge in [-0.2, -0.15) is 0 Å². The van der Waals surface area contributed by atoms with Crippen LogP contribution in [0.1, 0.15) is 119 Å². The number of fused-ring (bicyclic) bond motifs is 6. The Kier molecular flexibility index (Phi) is 9.01. The van der Waals surface area contributed by atoms with Crippen molar-refractivity contribution in [3.63, 3.8) is 0 Å². The van der Waals surface area contributed by atoms with Crippen LogP contribution in [0.15, 0.2) is 0 Å². The molecule has 0 bridgehead atoms. The third-order valence-corrected chi connectivity index (χ3v) is 14.1. The minimum absolute atomic E-state index is 0.0166. The monoisotopic (exact) mass is 576 g/mol. The van der Waals surface area contributed by atoms with Gasteiger partial charge in [0.2, 0.25) is 0 Å². The molecule has 1 aliphatic heterocycles. The average molecular weight is 577 g/mol. The summed E-state index contributed by atoms with van der Waals surface area (Å²) < 4.78 is 18.3. The minimum Gasteiger partial charge on any atom is -0.463 e. The zero-order valence-electron chi connectivity index (χ0n) is 26.3. The zero-order chi connectivity index (χ0) is 28.9. The Morgan fingerprint density at radius 2 is 1.68 bits per heavy atom. The fraction of sp³-hybridized carbons (Fsp3) is 0.941. The minimum atomic E-state index is -0.279. The number of esters is 2. The molecule has 4 saturated carbocycles. The van der Waals surface area contributed by atoms with Gasteiger partial charge in [-0.15, -0.1) is 11.8 Å². The SMILES string of the molecule is CC(=O)OCC1CS[C@]2(C[C@H]3[C@@H]4CC[C@H]([C@H](C)CCCC(C)C)[C@@]4(C)CC[C@@H]3[C@@]3(C)CC[C@H](OC(C)=O)C[C@@H]32)O1. The quantitative estimate of drug-likeness (QED) is 0.273. The maximum absolute atomic E-state index is 11.9. The summed E-state index contributed by atoms with van der Waals surface area (Å²) in [5.74, 6) is 5.40. The molecular weight excluding hydrogens is 520 g/mol. The average Bonchev–Trinajstić information content (AvgIpc) is 3.44. The van der Waals surface area contributed by atoms with E-state index < -0.39 is 0 Å². The van der Waals surface area contributed by atoms with Crippen LogP contribution in [0.25, 0.3) is 0 Å². The first-order valence-electron chi connectivity index (χ1n) is 16.5. The summed E-state index contributed by atoms with van der Waals surface area (Å²) in [6.45, 7) is 15.8. The van der Waals surface area contributed by atoms with Gasteiger partial charge in [0.15, 0.2) is 0 Å². The van der Waals surface area contributed by atoms with Gasteiger partial charge in [0.05, 0.1) is 0 Å². The van der Waals surface area contributed by atoms with Crippen LogP contribution >= 0.6 is 11.8 Å². The van der Waals surface area contributed by atoms with E-state index in [1.165, 1.54) is 51.9 Å². The van der Waals surface area contributed by atoms with Gasteiger partial charge < -0.3 is 14.2 Å².